The van der Waals surface area contributed by atoms with Crippen molar-refractivity contribution >= 4 is 5.78 Å². The van der Waals surface area contributed by atoms with E-state index in [1.165, 1.54) is 6.42 Å². The van der Waals surface area contributed by atoms with E-state index < -0.39 is 0 Å². The Kier molecular flexibility index (Phi) is 1.99. The molecule has 0 aromatic rings. The predicted molar refractivity (Wildman–Crippen MR) is 52.5 cm³/mol. The summed E-state index contributed by atoms with van der Waals surface area (Å²) in [5.41, 5.74) is 0.514. The molecular weight excluding hydrogens is 162 g/mol. The van der Waals surface area contributed by atoms with Crippen LogP contribution in [-0.2, 0) is 4.79 Å². The second-order valence-electron chi connectivity index (χ2n) is 5.32. The van der Waals surface area contributed by atoms with Crippen LogP contribution in [0.1, 0.15) is 33.6 Å². The Bertz CT molecular complexity index is 234. The molecule has 1 saturated heterocycles. The van der Waals surface area contributed by atoms with E-state index in [1.807, 2.05) is 0 Å². The van der Waals surface area contributed by atoms with Gasteiger partial charge in [-0.1, -0.05) is 20.8 Å². The summed E-state index contributed by atoms with van der Waals surface area (Å²) < 4.78 is 0. The molecule has 2 atom stereocenters. The predicted octanol–water partition coefficient (Wildman–Crippen LogP) is 1.70. The first-order valence-corrected chi connectivity index (χ1v) is 5.27. The average Bonchev–Trinajstić information content (AvgIpc) is 2.66. The summed E-state index contributed by atoms with van der Waals surface area (Å²) in [6.45, 7) is 8.69. The number of hydrogen-bond donors (Lipinski definition) is 0. The molecular formula is C11H19NO. The Morgan fingerprint density at radius 1 is 1.46 bits per heavy atom. The number of likely N-dealkylation sites (tertiary alicyclic amines) is 1. The average molecular weight is 181 g/mol. The van der Waals surface area contributed by atoms with Gasteiger partial charge in [0.05, 0.1) is 0 Å². The molecule has 1 aliphatic heterocycles. The van der Waals surface area contributed by atoms with Crippen molar-refractivity contribution in [2.24, 2.45) is 11.3 Å². The molecule has 2 unspecified atom stereocenters. The lowest BCUT2D eigenvalue weighted by Gasteiger charge is -2.31. The van der Waals surface area contributed by atoms with Gasteiger partial charge in [-0.25, -0.2) is 0 Å². The highest BCUT2D eigenvalue weighted by atomic mass is 16.1. The summed E-state index contributed by atoms with van der Waals surface area (Å²) in [4.78, 5) is 13.8. The number of ketones is 1. The minimum Gasteiger partial charge on any atom is -0.299 e. The normalized spacial score (nSPS) is 39.2. The van der Waals surface area contributed by atoms with Crippen LogP contribution in [0, 0.1) is 11.3 Å². The summed E-state index contributed by atoms with van der Waals surface area (Å²) in [5, 5.41) is 0. The van der Waals surface area contributed by atoms with Crippen molar-refractivity contribution in [3.05, 3.63) is 0 Å². The van der Waals surface area contributed by atoms with E-state index in [4.69, 9.17) is 0 Å². The van der Waals surface area contributed by atoms with Crippen molar-refractivity contribution in [2.75, 3.05) is 13.1 Å². The van der Waals surface area contributed by atoms with E-state index in [-0.39, 0.29) is 5.92 Å². The first-order chi connectivity index (χ1) is 6.00. The first kappa shape index (κ1) is 9.20. The SMILES string of the molecule is CC1CN(C2CC2(C)C)CCC1=O. The fourth-order valence-corrected chi connectivity index (χ4v) is 2.39. The first-order valence-electron chi connectivity index (χ1n) is 5.27. The molecule has 2 rings (SSSR count). The monoisotopic (exact) mass is 181 g/mol. The molecule has 2 aliphatic rings. The number of hydrogen-bond acceptors (Lipinski definition) is 2. The van der Waals surface area contributed by atoms with E-state index >= 15 is 0 Å². The van der Waals surface area contributed by atoms with Gasteiger partial charge in [-0.15, -0.1) is 0 Å². The molecule has 0 bridgehead atoms. The van der Waals surface area contributed by atoms with Crippen molar-refractivity contribution in [1.82, 2.24) is 4.90 Å². The highest BCUT2D eigenvalue weighted by Gasteiger charge is 2.50. The van der Waals surface area contributed by atoms with Crippen molar-refractivity contribution < 1.29 is 4.79 Å². The minimum atomic E-state index is 0.269. The lowest BCUT2D eigenvalue weighted by atomic mass is 9.98. The Morgan fingerprint density at radius 2 is 2.08 bits per heavy atom. The molecule has 1 heterocycles. The molecule has 0 N–H and O–H groups in total. The number of rotatable bonds is 1. The summed E-state index contributed by atoms with van der Waals surface area (Å²) in [6.07, 6.45) is 2.08. The quantitative estimate of drug-likeness (QED) is 0.613. The van der Waals surface area contributed by atoms with Gasteiger partial charge in [-0.05, 0) is 11.8 Å². The highest BCUT2D eigenvalue weighted by Crippen LogP contribution is 2.49. The van der Waals surface area contributed by atoms with E-state index in [0.29, 0.717) is 11.2 Å². The highest BCUT2D eigenvalue weighted by molar-refractivity contribution is 5.81. The van der Waals surface area contributed by atoms with Gasteiger partial charge in [-0.2, -0.15) is 0 Å². The number of carbonyl (C=O) groups excluding carboxylic acids is 1. The molecule has 1 aliphatic carbocycles. The third-order valence-electron chi connectivity index (χ3n) is 3.61. The molecule has 2 nitrogen and oxygen atoms in total. The van der Waals surface area contributed by atoms with Crippen LogP contribution in [0.15, 0.2) is 0 Å². The Hall–Kier alpha value is -0.370. The number of Topliss-reactive ketones (excluding diaryl/α,β-unsaturated/α-hetero) is 1. The molecule has 2 fully saturated rings. The van der Waals surface area contributed by atoms with Crippen molar-refractivity contribution in [3.63, 3.8) is 0 Å². The Balaban J connectivity index is 1.93. The van der Waals surface area contributed by atoms with Gasteiger partial charge in [0.2, 0.25) is 0 Å². The van der Waals surface area contributed by atoms with Gasteiger partial charge in [0, 0.05) is 31.5 Å². The van der Waals surface area contributed by atoms with Crippen LogP contribution in [0.4, 0.5) is 0 Å². The third-order valence-corrected chi connectivity index (χ3v) is 3.61. The third kappa shape index (κ3) is 1.64. The summed E-state index contributed by atoms with van der Waals surface area (Å²) >= 11 is 0. The second kappa shape index (κ2) is 2.81. The molecule has 0 radical (unpaired) electrons. The summed E-state index contributed by atoms with van der Waals surface area (Å²) in [5.74, 6) is 0.722. The molecule has 74 valence electrons. The summed E-state index contributed by atoms with van der Waals surface area (Å²) in [6, 6.07) is 0.753. The molecule has 0 amide bonds. The molecule has 0 spiro atoms. The van der Waals surface area contributed by atoms with Crippen LogP contribution in [0.3, 0.4) is 0 Å². The molecule has 0 aromatic carbocycles. The van der Waals surface area contributed by atoms with Gasteiger partial charge in [0.25, 0.3) is 0 Å². The second-order valence-corrected chi connectivity index (χ2v) is 5.32. The van der Waals surface area contributed by atoms with Gasteiger partial charge < -0.3 is 0 Å². The number of nitrogens with zero attached hydrogens (tertiary/aromatic N) is 1. The maximum absolute atomic E-state index is 11.3. The lowest BCUT2D eigenvalue weighted by molar-refractivity contribution is -0.125. The van der Waals surface area contributed by atoms with Crippen LogP contribution in [0.5, 0.6) is 0 Å². The maximum Gasteiger partial charge on any atom is 0.138 e. The lowest BCUT2D eigenvalue weighted by Crippen LogP contribution is -2.42. The molecule has 0 aromatic heterocycles. The fourth-order valence-electron chi connectivity index (χ4n) is 2.39. The van der Waals surface area contributed by atoms with E-state index in [2.05, 4.69) is 25.7 Å². The van der Waals surface area contributed by atoms with Gasteiger partial charge >= 0.3 is 0 Å². The Labute approximate surface area is 80.3 Å². The fraction of sp³-hybridized carbons (Fsp3) is 0.909. The van der Waals surface area contributed by atoms with Gasteiger partial charge in [-0.3, -0.25) is 9.69 Å². The molecule has 2 heteroatoms. The molecule has 13 heavy (non-hydrogen) atoms. The van der Waals surface area contributed by atoms with Gasteiger partial charge in [0.1, 0.15) is 5.78 Å². The van der Waals surface area contributed by atoms with Crippen LogP contribution < -0.4 is 0 Å². The molecule has 1 saturated carbocycles. The number of carbonyl (C=O) groups is 1. The van der Waals surface area contributed by atoms with Crippen LogP contribution in [-0.4, -0.2) is 29.8 Å². The smallest absolute Gasteiger partial charge is 0.138 e. The summed E-state index contributed by atoms with van der Waals surface area (Å²) in [7, 11) is 0. The standard InChI is InChI=1S/C11H19NO/c1-8-7-12(5-4-9(8)13)10-6-11(10,2)3/h8,10H,4-7H2,1-3H3. The minimum absolute atomic E-state index is 0.269. The van der Waals surface area contributed by atoms with Crippen molar-refractivity contribution in [2.45, 2.75) is 39.7 Å². The zero-order valence-corrected chi connectivity index (χ0v) is 8.84. The Morgan fingerprint density at radius 3 is 2.54 bits per heavy atom. The largest absolute Gasteiger partial charge is 0.299 e. The topological polar surface area (TPSA) is 20.3 Å². The van der Waals surface area contributed by atoms with E-state index in [1.54, 1.807) is 0 Å². The number of piperidine rings is 1. The van der Waals surface area contributed by atoms with E-state index in [0.717, 1.165) is 25.6 Å². The van der Waals surface area contributed by atoms with Crippen LogP contribution in [0.2, 0.25) is 0 Å². The van der Waals surface area contributed by atoms with Crippen molar-refractivity contribution in [3.8, 4) is 0 Å². The van der Waals surface area contributed by atoms with E-state index in [9.17, 15) is 4.79 Å². The van der Waals surface area contributed by atoms with Crippen LogP contribution >= 0.6 is 0 Å². The maximum atomic E-state index is 11.3. The van der Waals surface area contributed by atoms with Gasteiger partial charge in [0.15, 0.2) is 0 Å². The zero-order chi connectivity index (χ0) is 9.64. The van der Waals surface area contributed by atoms with Crippen molar-refractivity contribution in [1.29, 1.82) is 0 Å². The van der Waals surface area contributed by atoms with Crippen LogP contribution in [0.25, 0.3) is 0 Å². The zero-order valence-electron chi connectivity index (χ0n) is 8.84.